The van der Waals surface area contributed by atoms with Crippen molar-refractivity contribution in [2.75, 3.05) is 6.54 Å². The Bertz CT molecular complexity index is 490. The highest BCUT2D eigenvalue weighted by Crippen LogP contribution is 2.30. The summed E-state index contributed by atoms with van der Waals surface area (Å²) in [5.41, 5.74) is 8.59. The monoisotopic (exact) mass is 288 g/mol. The SMILES string of the molecule is CC(C)(C)CC(CN)C(=O)NC1CCCc2ccccc21. The van der Waals surface area contributed by atoms with Crippen molar-refractivity contribution in [3.05, 3.63) is 35.4 Å². The Balaban J connectivity index is 2.06. The number of nitrogens with one attached hydrogen (secondary N) is 1. The summed E-state index contributed by atoms with van der Waals surface area (Å²) in [5.74, 6) is 0.00761. The van der Waals surface area contributed by atoms with Crippen LogP contribution in [-0.2, 0) is 11.2 Å². The van der Waals surface area contributed by atoms with Gasteiger partial charge in [-0.25, -0.2) is 0 Å². The lowest BCUT2D eigenvalue weighted by atomic mass is 9.83. The molecule has 2 atom stereocenters. The van der Waals surface area contributed by atoms with E-state index >= 15 is 0 Å². The molecular weight excluding hydrogens is 260 g/mol. The van der Waals surface area contributed by atoms with E-state index in [9.17, 15) is 4.79 Å². The maximum atomic E-state index is 12.5. The Morgan fingerprint density at radius 2 is 2.10 bits per heavy atom. The first kappa shape index (κ1) is 16.0. The van der Waals surface area contributed by atoms with Gasteiger partial charge >= 0.3 is 0 Å². The van der Waals surface area contributed by atoms with Gasteiger partial charge in [-0.15, -0.1) is 0 Å². The lowest BCUT2D eigenvalue weighted by Crippen LogP contribution is -2.40. The fourth-order valence-electron chi connectivity index (χ4n) is 3.22. The summed E-state index contributed by atoms with van der Waals surface area (Å²) >= 11 is 0. The minimum Gasteiger partial charge on any atom is -0.349 e. The average molecular weight is 288 g/mol. The molecule has 0 fully saturated rings. The highest BCUT2D eigenvalue weighted by Gasteiger charge is 2.27. The van der Waals surface area contributed by atoms with E-state index in [-0.39, 0.29) is 23.3 Å². The van der Waals surface area contributed by atoms with E-state index in [4.69, 9.17) is 5.73 Å². The molecule has 0 saturated carbocycles. The number of carbonyl (C=O) groups is 1. The summed E-state index contributed by atoms with van der Waals surface area (Å²) in [6.07, 6.45) is 4.10. The number of benzene rings is 1. The van der Waals surface area contributed by atoms with Gasteiger partial charge in [0.05, 0.1) is 12.0 Å². The summed E-state index contributed by atoms with van der Waals surface area (Å²) in [5, 5.41) is 3.23. The lowest BCUT2D eigenvalue weighted by Gasteiger charge is -2.30. The minimum absolute atomic E-state index is 0.0981. The molecule has 3 heteroatoms. The van der Waals surface area contributed by atoms with Gasteiger partial charge in [0.15, 0.2) is 0 Å². The van der Waals surface area contributed by atoms with Crippen LogP contribution in [0.1, 0.15) is 57.2 Å². The number of rotatable bonds is 4. The van der Waals surface area contributed by atoms with E-state index in [1.165, 1.54) is 11.1 Å². The van der Waals surface area contributed by atoms with Crippen molar-refractivity contribution in [1.29, 1.82) is 0 Å². The Morgan fingerprint density at radius 1 is 1.38 bits per heavy atom. The highest BCUT2D eigenvalue weighted by molar-refractivity contribution is 5.79. The van der Waals surface area contributed by atoms with Crippen LogP contribution in [0.3, 0.4) is 0 Å². The summed E-state index contributed by atoms with van der Waals surface area (Å²) in [6, 6.07) is 8.59. The number of amides is 1. The first-order chi connectivity index (χ1) is 9.90. The first-order valence-electron chi connectivity index (χ1n) is 7.99. The average Bonchev–Trinajstić information content (AvgIpc) is 2.44. The van der Waals surface area contributed by atoms with Crippen LogP contribution in [-0.4, -0.2) is 12.5 Å². The van der Waals surface area contributed by atoms with E-state index in [1.807, 2.05) is 0 Å². The number of hydrogen-bond acceptors (Lipinski definition) is 2. The van der Waals surface area contributed by atoms with Gasteiger partial charge in [0, 0.05) is 6.54 Å². The molecule has 0 saturated heterocycles. The molecule has 0 spiro atoms. The van der Waals surface area contributed by atoms with Gasteiger partial charge in [-0.1, -0.05) is 45.0 Å². The van der Waals surface area contributed by atoms with Crippen molar-refractivity contribution in [3.8, 4) is 0 Å². The van der Waals surface area contributed by atoms with Crippen LogP contribution < -0.4 is 11.1 Å². The van der Waals surface area contributed by atoms with Crippen molar-refractivity contribution < 1.29 is 4.79 Å². The van der Waals surface area contributed by atoms with Gasteiger partial charge in [0.2, 0.25) is 5.91 Å². The number of carbonyl (C=O) groups excluding carboxylic acids is 1. The topological polar surface area (TPSA) is 55.1 Å². The van der Waals surface area contributed by atoms with Crippen molar-refractivity contribution in [2.45, 2.75) is 52.5 Å². The van der Waals surface area contributed by atoms with Gasteiger partial charge in [-0.2, -0.15) is 0 Å². The zero-order chi connectivity index (χ0) is 15.5. The van der Waals surface area contributed by atoms with E-state index in [0.29, 0.717) is 6.54 Å². The second-order valence-electron chi connectivity index (χ2n) is 7.35. The van der Waals surface area contributed by atoms with Crippen molar-refractivity contribution >= 4 is 5.91 Å². The normalized spacial score (nSPS) is 19.7. The molecule has 0 aromatic heterocycles. The molecule has 2 unspecified atom stereocenters. The standard InChI is InChI=1S/C18H28N2O/c1-18(2,3)11-14(12-19)17(21)20-16-10-6-8-13-7-4-5-9-15(13)16/h4-5,7,9,14,16H,6,8,10-12,19H2,1-3H3,(H,20,21). The van der Waals surface area contributed by atoms with Crippen LogP contribution in [0, 0.1) is 11.3 Å². The molecular formula is C18H28N2O. The van der Waals surface area contributed by atoms with Crippen molar-refractivity contribution in [2.24, 2.45) is 17.1 Å². The van der Waals surface area contributed by atoms with Crippen LogP contribution in [0.5, 0.6) is 0 Å². The zero-order valence-corrected chi connectivity index (χ0v) is 13.5. The Hall–Kier alpha value is -1.35. The maximum absolute atomic E-state index is 12.5. The van der Waals surface area contributed by atoms with Gasteiger partial charge < -0.3 is 11.1 Å². The molecule has 21 heavy (non-hydrogen) atoms. The third-order valence-corrected chi connectivity index (χ3v) is 4.20. The molecule has 1 aliphatic rings. The molecule has 116 valence electrons. The largest absolute Gasteiger partial charge is 0.349 e. The molecule has 1 amide bonds. The van der Waals surface area contributed by atoms with E-state index in [0.717, 1.165) is 25.7 Å². The summed E-state index contributed by atoms with van der Waals surface area (Å²) in [6.45, 7) is 6.87. The molecule has 3 nitrogen and oxygen atoms in total. The van der Waals surface area contributed by atoms with Crippen LogP contribution >= 0.6 is 0 Å². The zero-order valence-electron chi connectivity index (χ0n) is 13.5. The third kappa shape index (κ3) is 4.31. The fraction of sp³-hybridized carbons (Fsp3) is 0.611. The van der Waals surface area contributed by atoms with Crippen LogP contribution in [0.2, 0.25) is 0 Å². The van der Waals surface area contributed by atoms with E-state index < -0.39 is 0 Å². The maximum Gasteiger partial charge on any atom is 0.224 e. The van der Waals surface area contributed by atoms with Crippen LogP contribution in [0.25, 0.3) is 0 Å². The minimum atomic E-state index is -0.0981. The molecule has 1 aromatic rings. The molecule has 0 heterocycles. The van der Waals surface area contributed by atoms with Gasteiger partial charge in [-0.3, -0.25) is 4.79 Å². The predicted octanol–water partition coefficient (Wildman–Crippen LogP) is 3.19. The fourth-order valence-corrected chi connectivity index (χ4v) is 3.22. The second kappa shape index (κ2) is 6.61. The molecule has 0 radical (unpaired) electrons. The molecule has 2 rings (SSSR count). The third-order valence-electron chi connectivity index (χ3n) is 4.20. The van der Waals surface area contributed by atoms with E-state index in [1.54, 1.807) is 0 Å². The second-order valence-corrected chi connectivity index (χ2v) is 7.35. The summed E-state index contributed by atoms with van der Waals surface area (Å²) < 4.78 is 0. The molecule has 3 N–H and O–H groups in total. The number of nitrogens with two attached hydrogens (primary N) is 1. The number of hydrogen-bond donors (Lipinski definition) is 2. The quantitative estimate of drug-likeness (QED) is 0.894. The number of fused-ring (bicyclic) bond motifs is 1. The molecule has 1 aromatic carbocycles. The van der Waals surface area contributed by atoms with Crippen LogP contribution in [0.15, 0.2) is 24.3 Å². The number of aryl methyl sites for hydroxylation is 1. The van der Waals surface area contributed by atoms with Crippen LogP contribution in [0.4, 0.5) is 0 Å². The molecule has 0 bridgehead atoms. The van der Waals surface area contributed by atoms with Gasteiger partial charge in [-0.05, 0) is 42.2 Å². The predicted molar refractivity (Wildman–Crippen MR) is 86.9 cm³/mol. The highest BCUT2D eigenvalue weighted by atomic mass is 16.1. The smallest absolute Gasteiger partial charge is 0.224 e. The van der Waals surface area contributed by atoms with Gasteiger partial charge in [0.25, 0.3) is 0 Å². The first-order valence-corrected chi connectivity index (χ1v) is 7.99. The van der Waals surface area contributed by atoms with Crippen molar-refractivity contribution in [3.63, 3.8) is 0 Å². The Morgan fingerprint density at radius 3 is 2.76 bits per heavy atom. The van der Waals surface area contributed by atoms with E-state index in [2.05, 4.69) is 50.4 Å². The van der Waals surface area contributed by atoms with Gasteiger partial charge in [0.1, 0.15) is 0 Å². The summed E-state index contributed by atoms with van der Waals surface area (Å²) in [7, 11) is 0. The lowest BCUT2D eigenvalue weighted by molar-refractivity contribution is -0.126. The molecule has 0 aliphatic heterocycles. The summed E-state index contributed by atoms with van der Waals surface area (Å²) in [4.78, 5) is 12.5. The van der Waals surface area contributed by atoms with Crippen molar-refractivity contribution in [1.82, 2.24) is 5.32 Å². The Kier molecular flexibility index (Phi) is 5.04. The Labute approximate surface area is 128 Å². The molecule has 1 aliphatic carbocycles.